The third-order valence-corrected chi connectivity index (χ3v) is 1.47. The van der Waals surface area contributed by atoms with Crippen molar-refractivity contribution < 1.29 is 19.0 Å². The molecule has 0 aromatic rings. The highest BCUT2D eigenvalue weighted by Gasteiger charge is 2.46. The van der Waals surface area contributed by atoms with E-state index in [1.54, 1.807) is 0 Å². The van der Waals surface area contributed by atoms with Crippen LogP contribution in [0.5, 0.6) is 0 Å². The molecule has 1 fully saturated rings. The predicted octanol–water partition coefficient (Wildman–Crippen LogP) is 0.0571. The first-order chi connectivity index (χ1) is 4.21. The highest BCUT2D eigenvalue weighted by Crippen LogP contribution is 2.27. The molecule has 1 aliphatic heterocycles. The van der Waals surface area contributed by atoms with Crippen LogP contribution in [0.25, 0.3) is 0 Å². The molecule has 0 saturated carbocycles. The van der Waals surface area contributed by atoms with Gasteiger partial charge in [0, 0.05) is 0 Å². The van der Waals surface area contributed by atoms with Crippen LogP contribution >= 0.6 is 0 Å². The Kier molecular flexibility index (Phi) is 1.40. The third-order valence-electron chi connectivity index (χ3n) is 1.47. The van der Waals surface area contributed by atoms with E-state index in [2.05, 4.69) is 4.74 Å². The van der Waals surface area contributed by atoms with E-state index in [0.717, 1.165) is 0 Å². The van der Waals surface area contributed by atoms with Crippen LogP contribution in [0, 0.1) is 5.41 Å². The van der Waals surface area contributed by atoms with Crippen molar-refractivity contribution in [3.05, 3.63) is 0 Å². The van der Waals surface area contributed by atoms with Gasteiger partial charge in [0.15, 0.2) is 0 Å². The number of halogens is 1. The highest BCUT2D eigenvalue weighted by atomic mass is 19.1. The standard InChI is InChI=1S/C5H7FO3/c6-1-5(4(7)8)2-9-3-5/h1-3H2,(H,7,8). The first-order valence-corrected chi connectivity index (χ1v) is 2.58. The molecule has 3 nitrogen and oxygen atoms in total. The van der Waals surface area contributed by atoms with Gasteiger partial charge in [0.05, 0.1) is 13.2 Å². The topological polar surface area (TPSA) is 46.5 Å². The van der Waals surface area contributed by atoms with E-state index in [1.165, 1.54) is 0 Å². The van der Waals surface area contributed by atoms with E-state index in [0.29, 0.717) is 0 Å². The minimum Gasteiger partial charge on any atom is -0.481 e. The Morgan fingerprint density at radius 1 is 1.78 bits per heavy atom. The van der Waals surface area contributed by atoms with Gasteiger partial charge in [0.1, 0.15) is 12.1 Å². The minimum atomic E-state index is -1.21. The molecule has 1 saturated heterocycles. The molecule has 1 rings (SSSR count). The first kappa shape index (κ1) is 6.48. The van der Waals surface area contributed by atoms with E-state index < -0.39 is 18.1 Å². The fourth-order valence-corrected chi connectivity index (χ4v) is 0.606. The SMILES string of the molecule is O=C(O)C1(CF)COC1. The number of rotatable bonds is 2. The Morgan fingerprint density at radius 3 is 2.33 bits per heavy atom. The minimum absolute atomic E-state index is 0.0127. The summed E-state index contributed by atoms with van der Waals surface area (Å²) >= 11 is 0. The molecule has 0 aromatic carbocycles. The second kappa shape index (κ2) is 1.95. The average molecular weight is 134 g/mol. The van der Waals surface area contributed by atoms with Crippen molar-refractivity contribution in [2.24, 2.45) is 5.41 Å². The van der Waals surface area contributed by atoms with Crippen molar-refractivity contribution in [2.75, 3.05) is 19.9 Å². The summed E-state index contributed by atoms with van der Waals surface area (Å²) in [6, 6.07) is 0. The van der Waals surface area contributed by atoms with E-state index in [1.807, 2.05) is 0 Å². The van der Waals surface area contributed by atoms with E-state index in [9.17, 15) is 9.18 Å². The number of hydrogen-bond donors (Lipinski definition) is 1. The number of carboxylic acids is 1. The molecule has 0 atom stereocenters. The van der Waals surface area contributed by atoms with Crippen LogP contribution in [0.1, 0.15) is 0 Å². The predicted molar refractivity (Wildman–Crippen MR) is 26.9 cm³/mol. The molecule has 52 valence electrons. The Bertz CT molecular complexity index is 125. The van der Waals surface area contributed by atoms with Gasteiger partial charge in [0.25, 0.3) is 0 Å². The molecule has 0 bridgehead atoms. The van der Waals surface area contributed by atoms with Gasteiger partial charge in [-0.25, -0.2) is 4.39 Å². The summed E-state index contributed by atoms with van der Waals surface area (Å²) in [5.74, 6) is -1.10. The van der Waals surface area contributed by atoms with E-state index >= 15 is 0 Å². The lowest BCUT2D eigenvalue weighted by molar-refractivity contribution is -0.182. The zero-order valence-corrected chi connectivity index (χ0v) is 4.76. The highest BCUT2D eigenvalue weighted by molar-refractivity contribution is 5.76. The maximum absolute atomic E-state index is 11.9. The van der Waals surface area contributed by atoms with Crippen LogP contribution in [-0.2, 0) is 9.53 Å². The first-order valence-electron chi connectivity index (χ1n) is 2.58. The second-order valence-electron chi connectivity index (χ2n) is 2.21. The molecule has 0 amide bonds. The fourth-order valence-electron chi connectivity index (χ4n) is 0.606. The molecule has 0 radical (unpaired) electrons. The molecule has 0 unspecified atom stereocenters. The molecule has 4 heteroatoms. The molecule has 9 heavy (non-hydrogen) atoms. The van der Waals surface area contributed by atoms with Gasteiger partial charge in [0.2, 0.25) is 0 Å². The lowest BCUT2D eigenvalue weighted by Crippen LogP contribution is -2.50. The van der Waals surface area contributed by atoms with Gasteiger partial charge in [-0.1, -0.05) is 0 Å². The monoisotopic (exact) mass is 134 g/mol. The molecule has 1 heterocycles. The van der Waals surface area contributed by atoms with Crippen LogP contribution in [-0.4, -0.2) is 31.0 Å². The normalized spacial score (nSPS) is 22.8. The van der Waals surface area contributed by atoms with Crippen molar-refractivity contribution in [2.45, 2.75) is 0 Å². The number of aliphatic carboxylic acids is 1. The van der Waals surface area contributed by atoms with Gasteiger partial charge in [-0.05, 0) is 0 Å². The number of carbonyl (C=O) groups is 1. The van der Waals surface area contributed by atoms with Crippen molar-refractivity contribution in [3.63, 3.8) is 0 Å². The molecule has 0 spiro atoms. The quantitative estimate of drug-likeness (QED) is 0.580. The molecule has 1 aliphatic rings. The molecular formula is C5H7FO3. The second-order valence-corrected chi connectivity index (χ2v) is 2.21. The average Bonchev–Trinajstić information content (AvgIpc) is 1.62. The van der Waals surface area contributed by atoms with Crippen LogP contribution in [0.15, 0.2) is 0 Å². The summed E-state index contributed by atoms with van der Waals surface area (Å²) < 4.78 is 16.5. The maximum atomic E-state index is 11.9. The van der Waals surface area contributed by atoms with Gasteiger partial charge >= 0.3 is 5.97 Å². The molecular weight excluding hydrogens is 127 g/mol. The van der Waals surface area contributed by atoms with Gasteiger partial charge in [-0.2, -0.15) is 0 Å². The summed E-state index contributed by atoms with van der Waals surface area (Å²) in [5, 5.41) is 8.36. The largest absolute Gasteiger partial charge is 0.481 e. The summed E-state index contributed by atoms with van der Waals surface area (Å²) in [5.41, 5.74) is -1.21. The van der Waals surface area contributed by atoms with Crippen LogP contribution in [0.4, 0.5) is 4.39 Å². The lowest BCUT2D eigenvalue weighted by atomic mass is 9.88. The molecule has 0 aliphatic carbocycles. The summed E-state index contributed by atoms with van der Waals surface area (Å²) in [7, 11) is 0. The Balaban J connectivity index is 2.57. The van der Waals surface area contributed by atoms with Gasteiger partial charge < -0.3 is 9.84 Å². The third kappa shape index (κ3) is 0.790. The molecule has 0 aromatic heterocycles. The summed E-state index contributed by atoms with van der Waals surface area (Å²) in [6.07, 6.45) is 0. The number of alkyl halides is 1. The fraction of sp³-hybridized carbons (Fsp3) is 0.800. The van der Waals surface area contributed by atoms with Gasteiger partial charge in [-0.3, -0.25) is 4.79 Å². The maximum Gasteiger partial charge on any atom is 0.317 e. The van der Waals surface area contributed by atoms with E-state index in [4.69, 9.17) is 5.11 Å². The molecule has 1 N–H and O–H groups in total. The Morgan fingerprint density at radius 2 is 2.33 bits per heavy atom. The van der Waals surface area contributed by atoms with Crippen molar-refractivity contribution >= 4 is 5.97 Å². The number of ether oxygens (including phenoxy) is 1. The van der Waals surface area contributed by atoms with Crippen molar-refractivity contribution in [1.29, 1.82) is 0 Å². The Labute approximate surface area is 51.4 Å². The summed E-state index contributed by atoms with van der Waals surface area (Å²) in [4.78, 5) is 10.2. The van der Waals surface area contributed by atoms with Crippen LogP contribution < -0.4 is 0 Å². The smallest absolute Gasteiger partial charge is 0.317 e. The number of hydrogen-bond acceptors (Lipinski definition) is 2. The van der Waals surface area contributed by atoms with Gasteiger partial charge in [-0.15, -0.1) is 0 Å². The van der Waals surface area contributed by atoms with Crippen molar-refractivity contribution in [3.8, 4) is 0 Å². The zero-order valence-electron chi connectivity index (χ0n) is 4.76. The van der Waals surface area contributed by atoms with Crippen LogP contribution in [0.3, 0.4) is 0 Å². The summed E-state index contributed by atoms with van der Waals surface area (Å²) in [6.45, 7) is -0.806. The van der Waals surface area contributed by atoms with E-state index in [-0.39, 0.29) is 13.2 Å². The van der Waals surface area contributed by atoms with Crippen LogP contribution in [0.2, 0.25) is 0 Å². The zero-order chi connectivity index (χ0) is 6.91. The lowest BCUT2D eigenvalue weighted by Gasteiger charge is -2.34. The Hall–Kier alpha value is -0.640. The number of carboxylic acid groups (broad SMARTS) is 1. The van der Waals surface area contributed by atoms with Crippen molar-refractivity contribution in [1.82, 2.24) is 0 Å².